The van der Waals surface area contributed by atoms with E-state index in [2.05, 4.69) is 0 Å². The minimum absolute atomic E-state index is 0. The van der Waals surface area contributed by atoms with E-state index in [1.807, 2.05) is 0 Å². The normalized spacial score (nSPS) is 11.7. The molecule has 0 aliphatic heterocycles. The van der Waals surface area contributed by atoms with E-state index in [4.69, 9.17) is 4.55 Å². The van der Waals surface area contributed by atoms with Crippen molar-refractivity contribution in [2.75, 3.05) is 0 Å². The predicted molar refractivity (Wildman–Crippen MR) is 40.5 cm³/mol. The Morgan fingerprint density at radius 1 is 1.20 bits per heavy atom. The van der Waals surface area contributed by atoms with Crippen molar-refractivity contribution in [1.29, 1.82) is 0 Å². The minimum atomic E-state index is -1.83. The van der Waals surface area contributed by atoms with Crippen LogP contribution < -0.4 is 6.15 Å². The third-order valence-corrected chi connectivity index (χ3v) is 1.62. The molecule has 56 valence electrons. The van der Waals surface area contributed by atoms with Gasteiger partial charge in [-0.1, -0.05) is 18.2 Å². The summed E-state index contributed by atoms with van der Waals surface area (Å²) >= 11 is -1.83. The van der Waals surface area contributed by atoms with E-state index < -0.39 is 11.1 Å². The van der Waals surface area contributed by atoms with E-state index in [-0.39, 0.29) is 6.15 Å². The number of hydrogen-bond acceptors (Lipinski definition) is 2. The average Bonchev–Trinajstić information content (AvgIpc) is 1.90. The van der Waals surface area contributed by atoms with Gasteiger partial charge in [0, 0.05) is 0 Å². The summed E-state index contributed by atoms with van der Waals surface area (Å²) in [5.74, 6) is 0. The van der Waals surface area contributed by atoms with Crippen LogP contribution in [0.2, 0.25) is 0 Å². The van der Waals surface area contributed by atoms with Gasteiger partial charge < -0.3 is 10.7 Å². The minimum Gasteiger partial charge on any atom is -0.344 e. The van der Waals surface area contributed by atoms with Gasteiger partial charge in [0.05, 0.1) is 4.90 Å². The van der Waals surface area contributed by atoms with Crippen molar-refractivity contribution in [1.82, 2.24) is 6.15 Å². The van der Waals surface area contributed by atoms with Gasteiger partial charge in [0.2, 0.25) is 0 Å². The molecule has 1 aromatic carbocycles. The maximum Gasteiger partial charge on any atom is 0.186 e. The van der Waals surface area contributed by atoms with Crippen LogP contribution >= 0.6 is 0 Å². The summed E-state index contributed by atoms with van der Waals surface area (Å²) < 4.78 is 18.8. The lowest BCUT2D eigenvalue weighted by Crippen LogP contribution is -1.84. The number of rotatable bonds is 1. The molecule has 1 rings (SSSR count). The molecule has 0 heterocycles. The second-order valence-corrected chi connectivity index (χ2v) is 2.53. The molecular formula is C6H9NO2S. The topological polar surface area (TPSA) is 72.3 Å². The summed E-state index contributed by atoms with van der Waals surface area (Å²) in [4.78, 5) is 0.442. The molecule has 3 nitrogen and oxygen atoms in total. The van der Waals surface area contributed by atoms with Gasteiger partial charge in [-0.15, -0.1) is 0 Å². The van der Waals surface area contributed by atoms with E-state index in [1.165, 1.54) is 0 Å². The van der Waals surface area contributed by atoms with Gasteiger partial charge in [-0.05, 0) is 12.1 Å². The Hall–Kier alpha value is -0.710. The molecule has 0 aromatic heterocycles. The van der Waals surface area contributed by atoms with Crippen molar-refractivity contribution >= 4 is 11.1 Å². The molecule has 0 fully saturated rings. The van der Waals surface area contributed by atoms with Gasteiger partial charge in [0.25, 0.3) is 0 Å². The van der Waals surface area contributed by atoms with Crippen LogP contribution in [0.5, 0.6) is 0 Å². The van der Waals surface area contributed by atoms with Crippen molar-refractivity contribution in [2.45, 2.75) is 4.90 Å². The molecular weight excluding hydrogens is 150 g/mol. The molecule has 0 spiro atoms. The SMILES string of the molecule is N.O=S(O)c1ccccc1. The smallest absolute Gasteiger partial charge is 0.186 e. The Bertz CT molecular complexity index is 212. The number of benzene rings is 1. The molecule has 1 unspecified atom stereocenters. The molecule has 4 heteroatoms. The van der Waals surface area contributed by atoms with Crippen molar-refractivity contribution in [3.8, 4) is 0 Å². The molecule has 1 aromatic rings. The molecule has 1 atom stereocenters. The molecule has 10 heavy (non-hydrogen) atoms. The first-order chi connectivity index (χ1) is 4.30. The quantitative estimate of drug-likeness (QED) is 0.609. The van der Waals surface area contributed by atoms with Gasteiger partial charge in [0.1, 0.15) is 0 Å². The lowest BCUT2D eigenvalue weighted by molar-refractivity contribution is 0.564. The van der Waals surface area contributed by atoms with Crippen LogP contribution in [0.4, 0.5) is 0 Å². The van der Waals surface area contributed by atoms with Crippen LogP contribution in [0.25, 0.3) is 0 Å². The third-order valence-electron chi connectivity index (χ3n) is 0.945. The van der Waals surface area contributed by atoms with Crippen LogP contribution in [-0.2, 0) is 11.1 Å². The lowest BCUT2D eigenvalue weighted by Gasteiger charge is -1.89. The van der Waals surface area contributed by atoms with E-state index in [9.17, 15) is 4.21 Å². The van der Waals surface area contributed by atoms with Crippen LogP contribution in [-0.4, -0.2) is 8.76 Å². The molecule has 0 aliphatic carbocycles. The standard InChI is InChI=1S/C6H6O2S.H3N/c7-9(8)6-4-2-1-3-5-6;/h1-5H,(H,7,8);1H3. The van der Waals surface area contributed by atoms with Gasteiger partial charge in [-0.3, -0.25) is 0 Å². The summed E-state index contributed by atoms with van der Waals surface area (Å²) in [7, 11) is 0. The van der Waals surface area contributed by atoms with Gasteiger partial charge in [-0.25, -0.2) is 4.21 Å². The maximum absolute atomic E-state index is 10.3. The van der Waals surface area contributed by atoms with E-state index >= 15 is 0 Å². The Kier molecular flexibility index (Phi) is 3.87. The molecule has 0 saturated heterocycles. The van der Waals surface area contributed by atoms with Gasteiger partial charge >= 0.3 is 0 Å². The lowest BCUT2D eigenvalue weighted by atomic mass is 10.4. The highest BCUT2D eigenvalue weighted by Gasteiger charge is 1.93. The zero-order valence-corrected chi connectivity index (χ0v) is 6.17. The fraction of sp³-hybridized carbons (Fsp3) is 0. The summed E-state index contributed by atoms with van der Waals surface area (Å²) in [6.45, 7) is 0. The van der Waals surface area contributed by atoms with E-state index in [0.29, 0.717) is 4.90 Å². The summed E-state index contributed by atoms with van der Waals surface area (Å²) in [5.41, 5.74) is 0. The van der Waals surface area contributed by atoms with Crippen molar-refractivity contribution in [2.24, 2.45) is 0 Å². The van der Waals surface area contributed by atoms with Crippen LogP contribution in [0.3, 0.4) is 0 Å². The molecule has 4 N–H and O–H groups in total. The molecule has 0 bridgehead atoms. The van der Waals surface area contributed by atoms with Crippen molar-refractivity contribution in [3.05, 3.63) is 30.3 Å². The van der Waals surface area contributed by atoms with E-state index in [0.717, 1.165) is 0 Å². The highest BCUT2D eigenvalue weighted by atomic mass is 32.2. The zero-order chi connectivity index (χ0) is 6.69. The summed E-state index contributed by atoms with van der Waals surface area (Å²) in [6, 6.07) is 8.47. The summed E-state index contributed by atoms with van der Waals surface area (Å²) in [6.07, 6.45) is 0. The molecule has 0 amide bonds. The van der Waals surface area contributed by atoms with Crippen LogP contribution in [0.1, 0.15) is 0 Å². The van der Waals surface area contributed by atoms with E-state index in [1.54, 1.807) is 30.3 Å². The van der Waals surface area contributed by atoms with Crippen LogP contribution in [0, 0.1) is 0 Å². The first kappa shape index (κ1) is 9.29. The van der Waals surface area contributed by atoms with Gasteiger partial charge in [0.15, 0.2) is 11.1 Å². The fourth-order valence-corrected chi connectivity index (χ4v) is 0.927. The van der Waals surface area contributed by atoms with Gasteiger partial charge in [-0.2, -0.15) is 0 Å². The molecule has 0 saturated carbocycles. The highest BCUT2D eigenvalue weighted by Crippen LogP contribution is 2.00. The van der Waals surface area contributed by atoms with Crippen LogP contribution in [0.15, 0.2) is 35.2 Å². The summed E-state index contributed by atoms with van der Waals surface area (Å²) in [5, 5.41) is 0. The first-order valence-electron chi connectivity index (χ1n) is 2.46. The molecule has 0 aliphatic rings. The monoisotopic (exact) mass is 159 g/mol. The Morgan fingerprint density at radius 3 is 2.00 bits per heavy atom. The second kappa shape index (κ2) is 4.16. The van der Waals surface area contributed by atoms with Crippen molar-refractivity contribution in [3.63, 3.8) is 0 Å². The first-order valence-corrected chi connectivity index (χ1v) is 3.57. The Labute approximate surface area is 61.9 Å². The Balaban J connectivity index is 0.000000810. The average molecular weight is 159 g/mol. The second-order valence-electron chi connectivity index (χ2n) is 1.56. The predicted octanol–water partition coefficient (Wildman–Crippen LogP) is 1.43. The third kappa shape index (κ3) is 2.26. The highest BCUT2D eigenvalue weighted by molar-refractivity contribution is 7.79. The largest absolute Gasteiger partial charge is 0.344 e. The zero-order valence-electron chi connectivity index (χ0n) is 5.36. The molecule has 0 radical (unpaired) electrons. The van der Waals surface area contributed by atoms with Crippen molar-refractivity contribution < 1.29 is 8.76 Å². The number of hydrogen-bond donors (Lipinski definition) is 2. The maximum atomic E-state index is 10.3. The Morgan fingerprint density at radius 2 is 1.70 bits per heavy atom. The fourth-order valence-electron chi connectivity index (χ4n) is 0.537.